The van der Waals surface area contributed by atoms with Gasteiger partial charge in [-0.2, -0.15) is 10.2 Å². The molecular formula is C15H16N6O2. The Bertz CT molecular complexity index is 943. The molecule has 0 unspecified atom stereocenters. The lowest BCUT2D eigenvalue weighted by molar-refractivity contribution is -0.383. The highest BCUT2D eigenvalue weighted by Crippen LogP contribution is 2.22. The SMILES string of the molecule is C.Nc1cccc2[nH]ncc12.O=[N+]([O-])c1cccc2[nH]ncc12. The van der Waals surface area contributed by atoms with Gasteiger partial charge in [0, 0.05) is 17.1 Å². The van der Waals surface area contributed by atoms with Gasteiger partial charge < -0.3 is 5.73 Å². The van der Waals surface area contributed by atoms with E-state index >= 15 is 0 Å². The van der Waals surface area contributed by atoms with Crippen LogP contribution in [-0.4, -0.2) is 25.3 Å². The maximum atomic E-state index is 10.5. The van der Waals surface area contributed by atoms with E-state index in [1.54, 1.807) is 18.3 Å². The minimum atomic E-state index is -0.419. The predicted molar refractivity (Wildman–Crippen MR) is 90.0 cm³/mol. The second-order valence-electron chi connectivity index (χ2n) is 4.54. The summed E-state index contributed by atoms with van der Waals surface area (Å²) in [5.41, 5.74) is 8.17. The molecule has 2 aromatic carbocycles. The number of rotatable bonds is 1. The van der Waals surface area contributed by atoms with Crippen molar-refractivity contribution in [2.24, 2.45) is 0 Å². The van der Waals surface area contributed by atoms with Crippen LogP contribution in [-0.2, 0) is 0 Å². The number of anilines is 1. The summed E-state index contributed by atoms with van der Waals surface area (Å²) in [4.78, 5) is 10.1. The van der Waals surface area contributed by atoms with Crippen LogP contribution in [0.1, 0.15) is 7.43 Å². The number of fused-ring (bicyclic) bond motifs is 2. The Morgan fingerprint density at radius 3 is 2.13 bits per heavy atom. The molecular weight excluding hydrogens is 296 g/mol. The van der Waals surface area contributed by atoms with Crippen LogP contribution in [0, 0.1) is 10.1 Å². The van der Waals surface area contributed by atoms with Crippen LogP contribution in [0.3, 0.4) is 0 Å². The molecule has 23 heavy (non-hydrogen) atoms. The van der Waals surface area contributed by atoms with Gasteiger partial charge in [-0.15, -0.1) is 0 Å². The number of hydrogen-bond donors (Lipinski definition) is 3. The van der Waals surface area contributed by atoms with E-state index in [0.29, 0.717) is 10.9 Å². The highest BCUT2D eigenvalue weighted by molar-refractivity contribution is 5.89. The summed E-state index contributed by atoms with van der Waals surface area (Å²) in [6, 6.07) is 10.5. The first-order chi connectivity index (χ1) is 10.7. The molecule has 0 bridgehead atoms. The Balaban J connectivity index is 0.000000162. The zero-order valence-corrected chi connectivity index (χ0v) is 11.4. The molecule has 2 aromatic heterocycles. The van der Waals surface area contributed by atoms with Crippen LogP contribution < -0.4 is 5.73 Å². The number of benzene rings is 2. The molecule has 0 fully saturated rings. The average Bonchev–Trinajstić information content (AvgIpc) is 3.16. The zero-order valence-electron chi connectivity index (χ0n) is 11.4. The van der Waals surface area contributed by atoms with Crippen molar-refractivity contribution in [2.45, 2.75) is 7.43 Å². The molecule has 0 saturated carbocycles. The topological polar surface area (TPSA) is 127 Å². The van der Waals surface area contributed by atoms with Crippen molar-refractivity contribution in [3.05, 3.63) is 58.9 Å². The molecule has 0 aliphatic heterocycles. The number of nitrogens with zero attached hydrogens (tertiary/aromatic N) is 3. The maximum absolute atomic E-state index is 10.5. The average molecular weight is 312 g/mol. The smallest absolute Gasteiger partial charge is 0.280 e. The van der Waals surface area contributed by atoms with Crippen molar-refractivity contribution < 1.29 is 4.92 Å². The van der Waals surface area contributed by atoms with Crippen LogP contribution >= 0.6 is 0 Å². The molecule has 118 valence electrons. The van der Waals surface area contributed by atoms with Crippen LogP contribution in [0.4, 0.5) is 11.4 Å². The summed E-state index contributed by atoms with van der Waals surface area (Å²) >= 11 is 0. The molecule has 4 N–H and O–H groups in total. The molecule has 0 aliphatic carbocycles. The number of nitro benzene ring substituents is 1. The largest absolute Gasteiger partial charge is 0.398 e. The number of hydrogen-bond acceptors (Lipinski definition) is 5. The van der Waals surface area contributed by atoms with Gasteiger partial charge in [-0.05, 0) is 18.2 Å². The number of nitrogens with two attached hydrogens (primary N) is 1. The van der Waals surface area contributed by atoms with Gasteiger partial charge >= 0.3 is 0 Å². The van der Waals surface area contributed by atoms with Crippen LogP contribution in [0.25, 0.3) is 21.8 Å². The Labute approximate surface area is 131 Å². The molecule has 2 heterocycles. The third kappa shape index (κ3) is 3.10. The minimum absolute atomic E-state index is 0. The zero-order chi connectivity index (χ0) is 15.5. The number of H-pyrrole nitrogens is 2. The fourth-order valence-corrected chi connectivity index (χ4v) is 2.10. The monoisotopic (exact) mass is 312 g/mol. The van der Waals surface area contributed by atoms with Crippen molar-refractivity contribution in [1.29, 1.82) is 0 Å². The molecule has 0 spiro atoms. The van der Waals surface area contributed by atoms with Crippen LogP contribution in [0.5, 0.6) is 0 Å². The van der Waals surface area contributed by atoms with E-state index in [4.69, 9.17) is 5.73 Å². The second kappa shape index (κ2) is 6.56. The molecule has 4 aromatic rings. The number of aromatic nitrogens is 4. The maximum Gasteiger partial charge on any atom is 0.280 e. The summed E-state index contributed by atoms with van der Waals surface area (Å²) in [6.45, 7) is 0. The summed E-state index contributed by atoms with van der Waals surface area (Å²) < 4.78 is 0. The van der Waals surface area contributed by atoms with Gasteiger partial charge in [-0.25, -0.2) is 0 Å². The number of nitro groups is 1. The normalized spacial score (nSPS) is 9.91. The number of non-ortho nitro benzene ring substituents is 1. The molecule has 8 heteroatoms. The molecule has 0 aliphatic rings. The van der Waals surface area contributed by atoms with Gasteiger partial charge in [-0.3, -0.25) is 20.3 Å². The van der Waals surface area contributed by atoms with E-state index in [0.717, 1.165) is 16.6 Å². The Morgan fingerprint density at radius 2 is 1.52 bits per heavy atom. The summed E-state index contributed by atoms with van der Waals surface area (Å²) in [5.74, 6) is 0. The number of nitrogen functional groups attached to an aromatic ring is 1. The first kappa shape index (κ1) is 16.0. The van der Waals surface area contributed by atoms with Crippen molar-refractivity contribution in [3.8, 4) is 0 Å². The number of nitrogens with one attached hydrogen (secondary N) is 2. The van der Waals surface area contributed by atoms with E-state index in [2.05, 4.69) is 20.4 Å². The fraction of sp³-hybridized carbons (Fsp3) is 0.0667. The molecule has 0 atom stereocenters. The van der Waals surface area contributed by atoms with Gasteiger partial charge in [0.2, 0.25) is 0 Å². The van der Waals surface area contributed by atoms with Gasteiger partial charge in [-0.1, -0.05) is 19.6 Å². The highest BCUT2D eigenvalue weighted by Gasteiger charge is 2.11. The summed E-state index contributed by atoms with van der Waals surface area (Å²) in [7, 11) is 0. The minimum Gasteiger partial charge on any atom is -0.398 e. The van der Waals surface area contributed by atoms with Crippen LogP contribution in [0.15, 0.2) is 48.8 Å². The molecule has 4 rings (SSSR count). The van der Waals surface area contributed by atoms with Crippen molar-refractivity contribution in [3.63, 3.8) is 0 Å². The van der Waals surface area contributed by atoms with E-state index < -0.39 is 4.92 Å². The van der Waals surface area contributed by atoms with Crippen LogP contribution in [0.2, 0.25) is 0 Å². The Morgan fingerprint density at radius 1 is 0.957 bits per heavy atom. The third-order valence-corrected chi connectivity index (χ3v) is 3.18. The first-order valence-electron chi connectivity index (χ1n) is 6.41. The van der Waals surface area contributed by atoms with E-state index in [1.807, 2.05) is 18.2 Å². The van der Waals surface area contributed by atoms with E-state index in [9.17, 15) is 10.1 Å². The van der Waals surface area contributed by atoms with Crippen molar-refractivity contribution in [2.75, 3.05) is 5.73 Å². The number of aromatic amines is 2. The lowest BCUT2D eigenvalue weighted by Gasteiger charge is -1.91. The summed E-state index contributed by atoms with van der Waals surface area (Å²) in [5, 5.41) is 25.1. The Kier molecular flexibility index (Phi) is 4.55. The van der Waals surface area contributed by atoms with Gasteiger partial charge in [0.15, 0.2) is 0 Å². The summed E-state index contributed by atoms with van der Waals surface area (Å²) in [6.07, 6.45) is 3.18. The molecule has 0 amide bonds. The van der Waals surface area contributed by atoms with E-state index in [-0.39, 0.29) is 13.1 Å². The third-order valence-electron chi connectivity index (χ3n) is 3.18. The standard InChI is InChI=1S/C7H5N3O2.C7H7N3.CH4/c11-10(12)7-3-1-2-6-5(7)4-8-9-6;8-6-2-1-3-7-5(6)4-9-10-7;/h1-4H,(H,8,9);1-4H,8H2,(H,9,10);1H4. The fourth-order valence-electron chi connectivity index (χ4n) is 2.10. The van der Waals surface area contributed by atoms with Gasteiger partial charge in [0.05, 0.1) is 33.7 Å². The lowest BCUT2D eigenvalue weighted by Crippen LogP contribution is -1.87. The second-order valence-corrected chi connectivity index (χ2v) is 4.54. The molecule has 0 radical (unpaired) electrons. The first-order valence-corrected chi connectivity index (χ1v) is 6.41. The Hall–Kier alpha value is -3.42. The highest BCUT2D eigenvalue weighted by atomic mass is 16.6. The molecule has 8 nitrogen and oxygen atoms in total. The van der Waals surface area contributed by atoms with Crippen molar-refractivity contribution in [1.82, 2.24) is 20.4 Å². The van der Waals surface area contributed by atoms with E-state index in [1.165, 1.54) is 12.3 Å². The van der Waals surface area contributed by atoms with Gasteiger partial charge in [0.1, 0.15) is 0 Å². The van der Waals surface area contributed by atoms with Gasteiger partial charge in [0.25, 0.3) is 5.69 Å². The van der Waals surface area contributed by atoms with Crippen molar-refractivity contribution >= 4 is 33.2 Å². The quantitative estimate of drug-likeness (QED) is 0.282. The lowest BCUT2D eigenvalue weighted by atomic mass is 10.2. The predicted octanol–water partition coefficient (Wildman–Crippen LogP) is 3.25. The molecule has 0 saturated heterocycles.